The summed E-state index contributed by atoms with van der Waals surface area (Å²) >= 11 is 0. The van der Waals surface area contributed by atoms with E-state index in [-0.39, 0.29) is 4.90 Å². The predicted octanol–water partition coefficient (Wildman–Crippen LogP) is 3.35. The van der Waals surface area contributed by atoms with Gasteiger partial charge in [-0.3, -0.25) is 4.72 Å². The summed E-state index contributed by atoms with van der Waals surface area (Å²) in [5.74, 6) is -4.43. The first-order valence-corrected chi connectivity index (χ1v) is 7.80. The lowest BCUT2D eigenvalue weighted by Gasteiger charge is -2.09. The van der Waals surface area contributed by atoms with Gasteiger partial charge in [-0.05, 0) is 30.3 Å². The maximum Gasteiger partial charge on any atom is 0.262 e. The van der Waals surface area contributed by atoms with Crippen molar-refractivity contribution in [2.24, 2.45) is 0 Å². The lowest BCUT2D eigenvalue weighted by Crippen LogP contribution is -2.14. The molecule has 2 aromatic carbocycles. The number of nitrogens with zero attached hydrogens (tertiary/aromatic N) is 1. The molecule has 0 spiro atoms. The molecule has 0 bridgehead atoms. The van der Waals surface area contributed by atoms with Crippen LogP contribution in [-0.2, 0) is 10.0 Å². The topological polar surface area (TPSA) is 72.2 Å². The molecule has 23 heavy (non-hydrogen) atoms. The van der Waals surface area contributed by atoms with E-state index in [0.717, 1.165) is 6.07 Å². The van der Waals surface area contributed by atoms with Gasteiger partial charge in [-0.1, -0.05) is 0 Å². The molecule has 1 aromatic heterocycles. The highest BCUT2D eigenvalue weighted by atomic mass is 32.2. The van der Waals surface area contributed by atoms with Gasteiger partial charge < -0.3 is 4.42 Å². The third-order valence-electron chi connectivity index (χ3n) is 3.06. The minimum Gasteiger partial charge on any atom is -0.441 e. The van der Waals surface area contributed by atoms with Gasteiger partial charge in [0, 0.05) is 6.92 Å². The Morgan fingerprint density at radius 1 is 1.09 bits per heavy atom. The Kier molecular flexibility index (Phi) is 3.52. The van der Waals surface area contributed by atoms with Crippen LogP contribution in [0.25, 0.3) is 11.1 Å². The molecule has 0 amide bonds. The van der Waals surface area contributed by atoms with E-state index in [1.807, 2.05) is 4.72 Å². The van der Waals surface area contributed by atoms with Gasteiger partial charge in [0.1, 0.15) is 5.52 Å². The molecule has 0 fully saturated rings. The van der Waals surface area contributed by atoms with Gasteiger partial charge in [-0.15, -0.1) is 0 Å². The van der Waals surface area contributed by atoms with Crippen molar-refractivity contribution in [2.75, 3.05) is 4.72 Å². The van der Waals surface area contributed by atoms with E-state index in [4.69, 9.17) is 4.42 Å². The van der Waals surface area contributed by atoms with Crippen LogP contribution >= 0.6 is 0 Å². The number of aromatic nitrogens is 1. The van der Waals surface area contributed by atoms with Crippen LogP contribution in [0.1, 0.15) is 5.89 Å². The Balaban J connectivity index is 2.02. The molecule has 120 valence electrons. The Hall–Kier alpha value is -2.55. The zero-order valence-corrected chi connectivity index (χ0v) is 12.4. The fraction of sp³-hybridized carbons (Fsp3) is 0.0714. The van der Waals surface area contributed by atoms with Crippen molar-refractivity contribution in [1.82, 2.24) is 4.98 Å². The Morgan fingerprint density at radius 3 is 2.57 bits per heavy atom. The van der Waals surface area contributed by atoms with Crippen LogP contribution in [0.15, 0.2) is 39.6 Å². The van der Waals surface area contributed by atoms with Crippen LogP contribution in [-0.4, -0.2) is 13.4 Å². The molecule has 3 rings (SSSR count). The zero-order chi connectivity index (χ0) is 16.8. The van der Waals surface area contributed by atoms with Crippen molar-refractivity contribution in [3.8, 4) is 0 Å². The molecule has 9 heteroatoms. The van der Waals surface area contributed by atoms with E-state index >= 15 is 0 Å². The molecule has 0 aliphatic carbocycles. The lowest BCUT2D eigenvalue weighted by molar-refractivity contribution is 0.449. The summed E-state index contributed by atoms with van der Waals surface area (Å²) < 4.78 is 71.2. The summed E-state index contributed by atoms with van der Waals surface area (Å²) in [4.78, 5) is 3.78. The maximum atomic E-state index is 13.6. The van der Waals surface area contributed by atoms with Crippen LogP contribution < -0.4 is 4.72 Å². The molecule has 0 aliphatic heterocycles. The van der Waals surface area contributed by atoms with Crippen LogP contribution in [0.5, 0.6) is 0 Å². The molecule has 0 saturated carbocycles. The highest BCUT2D eigenvalue weighted by Crippen LogP contribution is 2.25. The summed E-state index contributed by atoms with van der Waals surface area (Å²) in [5, 5.41) is 0. The van der Waals surface area contributed by atoms with E-state index in [0.29, 0.717) is 23.1 Å². The van der Waals surface area contributed by atoms with Gasteiger partial charge in [0.15, 0.2) is 28.9 Å². The summed E-state index contributed by atoms with van der Waals surface area (Å²) in [6.45, 7) is 1.60. The number of nitrogens with one attached hydrogen (secondary N) is 1. The lowest BCUT2D eigenvalue weighted by atomic mass is 10.3. The van der Waals surface area contributed by atoms with Gasteiger partial charge in [0.2, 0.25) is 0 Å². The molecule has 1 N–H and O–H groups in total. The fourth-order valence-corrected chi connectivity index (χ4v) is 3.08. The summed E-state index contributed by atoms with van der Waals surface area (Å²) in [7, 11) is -4.21. The molecular formula is C14H9F3N2O3S. The molecule has 0 saturated heterocycles. The number of hydrogen-bond acceptors (Lipinski definition) is 4. The van der Waals surface area contributed by atoms with E-state index in [9.17, 15) is 21.6 Å². The highest BCUT2D eigenvalue weighted by molar-refractivity contribution is 7.92. The van der Waals surface area contributed by atoms with Gasteiger partial charge >= 0.3 is 0 Å². The minimum absolute atomic E-state index is 0.220. The zero-order valence-electron chi connectivity index (χ0n) is 11.6. The molecule has 0 aliphatic rings. The van der Waals surface area contributed by atoms with E-state index in [1.165, 1.54) is 18.2 Å². The van der Waals surface area contributed by atoms with Gasteiger partial charge in [-0.25, -0.2) is 26.6 Å². The third kappa shape index (κ3) is 2.74. The number of halogens is 3. The minimum atomic E-state index is -4.21. The molecule has 5 nitrogen and oxygen atoms in total. The standard InChI is InChI=1S/C14H9F3N2O3S/c1-7-18-11-6-8(2-5-12(11)22-7)23(20,21)19-10-4-3-9(15)13(16)14(10)17/h2-6,19H,1H3. The van der Waals surface area contributed by atoms with Crippen LogP contribution in [0.2, 0.25) is 0 Å². The van der Waals surface area contributed by atoms with Crippen molar-refractivity contribution in [3.63, 3.8) is 0 Å². The average molecular weight is 342 g/mol. The van der Waals surface area contributed by atoms with Gasteiger partial charge in [0.05, 0.1) is 10.6 Å². The van der Waals surface area contributed by atoms with Crippen LogP contribution in [0.4, 0.5) is 18.9 Å². The van der Waals surface area contributed by atoms with Crippen LogP contribution in [0.3, 0.4) is 0 Å². The van der Waals surface area contributed by atoms with Crippen molar-refractivity contribution in [1.29, 1.82) is 0 Å². The quantitative estimate of drug-likeness (QED) is 0.741. The maximum absolute atomic E-state index is 13.6. The number of rotatable bonds is 3. The summed E-state index contributed by atoms with van der Waals surface area (Å²) in [5.41, 5.74) is -0.00285. The molecule has 0 unspecified atom stereocenters. The number of sulfonamides is 1. The van der Waals surface area contributed by atoms with Crippen molar-refractivity contribution < 1.29 is 26.0 Å². The second-order valence-corrected chi connectivity index (χ2v) is 6.37. The third-order valence-corrected chi connectivity index (χ3v) is 4.42. The number of anilines is 1. The smallest absolute Gasteiger partial charge is 0.262 e. The van der Waals surface area contributed by atoms with Crippen molar-refractivity contribution in [3.05, 3.63) is 53.7 Å². The second kappa shape index (κ2) is 5.27. The number of fused-ring (bicyclic) bond motifs is 1. The molecule has 0 radical (unpaired) electrons. The van der Waals surface area contributed by atoms with Crippen molar-refractivity contribution in [2.45, 2.75) is 11.8 Å². The first kappa shape index (κ1) is 15.3. The van der Waals surface area contributed by atoms with E-state index in [2.05, 4.69) is 4.98 Å². The first-order valence-electron chi connectivity index (χ1n) is 6.31. The van der Waals surface area contributed by atoms with Gasteiger partial charge in [-0.2, -0.15) is 0 Å². The molecule has 0 atom stereocenters. The van der Waals surface area contributed by atoms with Gasteiger partial charge in [0.25, 0.3) is 10.0 Å². The summed E-state index contributed by atoms with van der Waals surface area (Å²) in [6.07, 6.45) is 0. The van der Waals surface area contributed by atoms with Crippen LogP contribution in [0, 0.1) is 24.4 Å². The molecular weight excluding hydrogens is 333 g/mol. The largest absolute Gasteiger partial charge is 0.441 e. The predicted molar refractivity (Wildman–Crippen MR) is 75.9 cm³/mol. The molecule has 3 aromatic rings. The normalized spacial score (nSPS) is 11.8. The summed E-state index contributed by atoms with van der Waals surface area (Å²) in [6, 6.07) is 5.27. The first-order chi connectivity index (χ1) is 10.8. The fourth-order valence-electron chi connectivity index (χ4n) is 2.00. The molecule has 1 heterocycles. The number of hydrogen-bond donors (Lipinski definition) is 1. The monoisotopic (exact) mass is 342 g/mol. The Morgan fingerprint density at radius 2 is 1.83 bits per heavy atom. The average Bonchev–Trinajstić information content (AvgIpc) is 2.87. The Labute approximate surface area is 128 Å². The second-order valence-electron chi connectivity index (χ2n) is 4.69. The Bertz CT molecular complexity index is 1020. The number of oxazole rings is 1. The van der Waals surface area contributed by atoms with E-state index < -0.39 is 33.2 Å². The number of aryl methyl sites for hydroxylation is 1. The van der Waals surface area contributed by atoms with Crippen molar-refractivity contribution >= 4 is 26.8 Å². The van der Waals surface area contributed by atoms with E-state index in [1.54, 1.807) is 6.92 Å². The highest BCUT2D eigenvalue weighted by Gasteiger charge is 2.21. The number of benzene rings is 2. The SMILES string of the molecule is Cc1nc2cc(S(=O)(=O)Nc3ccc(F)c(F)c3F)ccc2o1.